The molecule has 0 heteroatoms. The molecule has 27 aliphatic carbocycles. The number of rotatable bonds is 0. The summed E-state index contributed by atoms with van der Waals surface area (Å²) in [6.07, 6.45) is 92.5. The lowest BCUT2D eigenvalue weighted by Crippen LogP contribution is -2.31. The van der Waals surface area contributed by atoms with Gasteiger partial charge in [0, 0.05) is 0 Å². The van der Waals surface area contributed by atoms with Gasteiger partial charge in [0.05, 0.1) is 0 Å². The predicted octanol–water partition coefficient (Wildman–Crippen LogP) is 26.7. The van der Waals surface area contributed by atoms with Crippen LogP contribution in [0.5, 0.6) is 0 Å². The van der Waals surface area contributed by atoms with E-state index in [1.807, 2.05) is 0 Å². The summed E-state index contributed by atoms with van der Waals surface area (Å²) < 4.78 is 0. The Morgan fingerprint density at radius 2 is 0.292 bits per heavy atom. The summed E-state index contributed by atoms with van der Waals surface area (Å²) in [7, 11) is 0. The van der Waals surface area contributed by atoms with Crippen LogP contribution in [0.2, 0.25) is 0 Å². The zero-order chi connectivity index (χ0) is 59.0. The molecule has 0 radical (unpaired) electrons. The van der Waals surface area contributed by atoms with Crippen LogP contribution in [0.25, 0.3) is 0 Å². The fraction of sp³-hybridized carbons (Fsp3) is 1.00. The molecule has 18 unspecified atom stereocenters. The molecule has 27 fully saturated rings. The maximum atomic E-state index is 1.64. The van der Waals surface area contributed by atoms with Crippen molar-refractivity contribution in [2.75, 3.05) is 0 Å². The van der Waals surface area contributed by atoms with Crippen LogP contribution in [-0.2, 0) is 0 Å². The molecule has 20 bridgehead atoms. The third kappa shape index (κ3) is 15.2. The molecule has 0 aromatic heterocycles. The smallest absolute Gasteiger partial charge is 0.0318 e. The zero-order valence-corrected chi connectivity index (χ0v) is 59.0. The van der Waals surface area contributed by atoms with Crippen LogP contribution in [-0.4, -0.2) is 0 Å². The van der Waals surface area contributed by atoms with Crippen molar-refractivity contribution in [2.24, 2.45) is 178 Å². The van der Waals surface area contributed by atoms with E-state index in [1.165, 1.54) is 207 Å². The van der Waals surface area contributed by atoms with Crippen molar-refractivity contribution in [3.8, 4) is 0 Å². The summed E-state index contributed by atoms with van der Waals surface area (Å²) in [6, 6.07) is 0. The van der Waals surface area contributed by atoms with Gasteiger partial charge in [-0.3, -0.25) is 0 Å². The Balaban J connectivity index is 0.0000000807. The van der Waals surface area contributed by atoms with Gasteiger partial charge in [-0.2, -0.15) is 0 Å². The van der Waals surface area contributed by atoms with Gasteiger partial charge in [0.15, 0.2) is 0 Å². The Labute approximate surface area is 553 Å². The van der Waals surface area contributed by atoms with E-state index < -0.39 is 0 Å². The van der Waals surface area contributed by atoms with Crippen molar-refractivity contribution < 1.29 is 0 Å². The molecular formula is C89H148. The minimum absolute atomic E-state index is 1.11. The van der Waals surface area contributed by atoms with Crippen molar-refractivity contribution in [1.29, 1.82) is 0 Å². The van der Waals surface area contributed by atoms with Gasteiger partial charge in [-0.15, -0.1) is 0 Å². The van der Waals surface area contributed by atoms with Crippen molar-refractivity contribution in [3.05, 3.63) is 0 Å². The SMILES string of the molecule is C1CC2C3C1C23.C1CC2C3CCC(C3)C2C1.C1CC2CC1C1C3CCC(C3)C21.C1CC2CC1C1CC21.C1CC2CC1C1CCC21.C1CC2CCCC(C1)CC2.C1CC2CCCC(C1)CCC2.C1CCC2CCCC(C1)CC2.C1CCC2CCCC(C1)CCC2. The lowest BCUT2D eigenvalue weighted by Gasteiger charge is -2.40. The number of hydrogen-bond donors (Lipinski definition) is 0. The van der Waals surface area contributed by atoms with Crippen molar-refractivity contribution >= 4 is 0 Å². The van der Waals surface area contributed by atoms with Crippen LogP contribution in [0.3, 0.4) is 0 Å². The standard InChI is InChI=1S/C12H18.C12H22.2C11H20.C10H16.C10H18.C9H14.C8H12.C6H8/c1-2-8-5-7(1)11-9-3-4-10(6-9)12(8)11;1-2-6-12-9-3-7-11(5-1)8-4-10-12;1-4-10-6-2-7-11(5-1)9-3-8-10;1-2-5-11-7-3-6-10(4-1)8-9-11;1-2-9-7-4-5-8(6-7)10(9)3-1;1-3-9-5-2-6-10(4-1)8-7-9;1-2-7-5-6(1)8-3-4-9(7)8;1-2-6-3-5(1)7-4-8(6)7;1-2-4-5-3(1)6(4)5/h7-12H,1-6H2;11-12H,1-10H2;2*10-11H,1-9H2;7-10H,1-6H2;9-10H,1-8H2;6-9H,1-5H2;5-8H,1-4H2;3-6H,1-2H2. The topological polar surface area (TPSA) is 0 Å². The second-order valence-electron chi connectivity index (χ2n) is 39.7. The van der Waals surface area contributed by atoms with Crippen LogP contribution in [0.15, 0.2) is 0 Å². The molecule has 0 N–H and O–H groups in total. The quantitative estimate of drug-likeness (QED) is 0.212. The summed E-state index contributed by atoms with van der Waals surface area (Å²) in [6.45, 7) is 0. The van der Waals surface area contributed by atoms with Crippen LogP contribution < -0.4 is 0 Å². The first-order chi connectivity index (χ1) is 44.1. The largest absolute Gasteiger partial charge is 0.0530 e. The van der Waals surface area contributed by atoms with Gasteiger partial charge in [-0.25, -0.2) is 0 Å². The van der Waals surface area contributed by atoms with E-state index in [4.69, 9.17) is 0 Å². The lowest BCUT2D eigenvalue weighted by molar-refractivity contribution is 0.103. The summed E-state index contributed by atoms with van der Waals surface area (Å²) >= 11 is 0. The summed E-state index contributed by atoms with van der Waals surface area (Å²) in [5.41, 5.74) is 0. The zero-order valence-electron chi connectivity index (χ0n) is 59.0. The molecule has 0 amide bonds. The number of hydrogen-bond acceptors (Lipinski definition) is 0. The highest BCUT2D eigenvalue weighted by Gasteiger charge is 2.76. The van der Waals surface area contributed by atoms with Crippen LogP contribution in [0, 0.1) is 178 Å². The normalized spacial score (nSPS) is 52.3. The van der Waals surface area contributed by atoms with Gasteiger partial charge in [-0.05, 0) is 319 Å². The fourth-order valence-corrected chi connectivity index (χ4v) is 30.5. The highest BCUT2D eigenvalue weighted by molar-refractivity contribution is 5.24. The first-order valence-electron chi connectivity index (χ1n) is 44.1. The van der Waals surface area contributed by atoms with E-state index in [0.717, 1.165) is 47.3 Å². The molecule has 0 saturated heterocycles. The maximum absolute atomic E-state index is 1.64. The molecule has 0 nitrogen and oxygen atoms in total. The summed E-state index contributed by atoms with van der Waals surface area (Å²) in [5.74, 6) is 36.0. The van der Waals surface area contributed by atoms with Gasteiger partial charge in [0.25, 0.3) is 0 Å². The molecule has 0 aromatic rings. The van der Waals surface area contributed by atoms with E-state index in [9.17, 15) is 0 Å². The van der Waals surface area contributed by atoms with Crippen molar-refractivity contribution in [3.63, 3.8) is 0 Å². The average molecular weight is 1220 g/mol. The molecule has 0 aliphatic heterocycles. The molecule has 27 aliphatic rings. The lowest BCUT2D eigenvalue weighted by atomic mass is 9.66. The Morgan fingerprint density at radius 1 is 0.101 bits per heavy atom. The first kappa shape index (κ1) is 63.7. The highest BCUT2D eigenvalue weighted by Crippen LogP contribution is 2.81. The van der Waals surface area contributed by atoms with Gasteiger partial charge in [-0.1, -0.05) is 238 Å². The van der Waals surface area contributed by atoms with Crippen molar-refractivity contribution in [1.82, 2.24) is 0 Å². The van der Waals surface area contributed by atoms with E-state index in [2.05, 4.69) is 0 Å². The molecule has 0 heterocycles. The molecule has 0 aromatic carbocycles. The third-order valence-corrected chi connectivity index (χ3v) is 35.4. The van der Waals surface area contributed by atoms with E-state index in [-0.39, 0.29) is 0 Å². The molecule has 89 heavy (non-hydrogen) atoms. The molecule has 504 valence electrons. The molecule has 0 spiro atoms. The van der Waals surface area contributed by atoms with Crippen LogP contribution >= 0.6 is 0 Å². The fourth-order valence-electron chi connectivity index (χ4n) is 30.5. The highest BCUT2D eigenvalue weighted by atomic mass is 14.8. The Morgan fingerprint density at radius 3 is 0.517 bits per heavy atom. The van der Waals surface area contributed by atoms with Gasteiger partial charge < -0.3 is 0 Å². The van der Waals surface area contributed by atoms with E-state index in [1.54, 1.807) is 302 Å². The monoisotopic (exact) mass is 1220 g/mol. The van der Waals surface area contributed by atoms with Gasteiger partial charge >= 0.3 is 0 Å². The third-order valence-electron chi connectivity index (χ3n) is 35.4. The second kappa shape index (κ2) is 30.0. The Hall–Kier alpha value is 0. The number of fused-ring (bicyclic) bond motifs is 44. The molecule has 27 rings (SSSR count). The Kier molecular flexibility index (Phi) is 21.5. The maximum Gasteiger partial charge on any atom is -0.0318 e. The molecule has 27 saturated carbocycles. The molecule has 18 atom stereocenters. The molecular weight excluding hydrogens is 1070 g/mol. The predicted molar refractivity (Wildman–Crippen MR) is 377 cm³/mol. The Bertz CT molecular complexity index is 1900. The minimum Gasteiger partial charge on any atom is -0.0530 e. The second-order valence-corrected chi connectivity index (χ2v) is 39.7. The van der Waals surface area contributed by atoms with Gasteiger partial charge in [0.2, 0.25) is 0 Å². The van der Waals surface area contributed by atoms with Crippen LogP contribution in [0.4, 0.5) is 0 Å². The summed E-state index contributed by atoms with van der Waals surface area (Å²) in [4.78, 5) is 0. The summed E-state index contributed by atoms with van der Waals surface area (Å²) in [5, 5.41) is 0. The average Bonchev–Trinajstić information content (AvgIpc) is 1.49. The van der Waals surface area contributed by atoms with Crippen molar-refractivity contribution in [2.45, 2.75) is 379 Å². The van der Waals surface area contributed by atoms with E-state index >= 15 is 0 Å². The van der Waals surface area contributed by atoms with E-state index in [0.29, 0.717) is 0 Å². The van der Waals surface area contributed by atoms with Crippen LogP contribution in [0.1, 0.15) is 379 Å². The van der Waals surface area contributed by atoms with Gasteiger partial charge in [0.1, 0.15) is 0 Å². The first-order valence-corrected chi connectivity index (χ1v) is 44.1. The minimum atomic E-state index is 1.11.